The van der Waals surface area contributed by atoms with Gasteiger partial charge in [-0.25, -0.2) is 4.79 Å². The number of hydrogen-bond acceptors (Lipinski definition) is 3. The molecule has 4 nitrogen and oxygen atoms in total. The molecule has 0 N–H and O–H groups in total. The second-order valence-corrected chi connectivity index (χ2v) is 3.58. The number of ether oxygens (including phenoxy) is 1. The lowest BCUT2D eigenvalue weighted by atomic mass is 10.2. The van der Waals surface area contributed by atoms with Crippen LogP contribution in [0.1, 0.15) is 23.8 Å². The molecule has 4 heteroatoms. The molecule has 0 aliphatic carbocycles. The fourth-order valence-corrected chi connectivity index (χ4v) is 1.76. The van der Waals surface area contributed by atoms with Crippen LogP contribution in [0.15, 0.2) is 24.3 Å². The van der Waals surface area contributed by atoms with E-state index in [1.807, 2.05) is 28.9 Å². The molecular weight excluding hydrogens is 204 g/mol. The number of carbonyl (C=O) groups is 1. The largest absolute Gasteiger partial charge is 0.464 e. The Bertz CT molecular complexity index is 517. The molecule has 0 radical (unpaired) electrons. The lowest BCUT2D eigenvalue weighted by molar-refractivity contribution is 0.0595. The molecule has 0 spiro atoms. The lowest BCUT2D eigenvalue weighted by Gasteiger charge is -1.98. The second-order valence-electron chi connectivity index (χ2n) is 3.58. The second kappa shape index (κ2) is 4.35. The first-order valence-corrected chi connectivity index (χ1v) is 5.31. The molecule has 84 valence electrons. The maximum absolute atomic E-state index is 11.5. The Hall–Kier alpha value is -1.84. The first kappa shape index (κ1) is 10.7. The average Bonchev–Trinajstić information content (AvgIpc) is 2.68. The maximum Gasteiger partial charge on any atom is 0.359 e. The number of rotatable bonds is 3. The molecule has 0 aliphatic heterocycles. The van der Waals surface area contributed by atoms with Gasteiger partial charge < -0.3 is 4.74 Å². The zero-order chi connectivity index (χ0) is 11.5. The van der Waals surface area contributed by atoms with Crippen LogP contribution in [0, 0.1) is 0 Å². The van der Waals surface area contributed by atoms with E-state index < -0.39 is 0 Å². The number of nitrogens with zero attached hydrogens (tertiary/aromatic N) is 2. The van der Waals surface area contributed by atoms with Gasteiger partial charge in [-0.05, 0) is 12.5 Å². The summed E-state index contributed by atoms with van der Waals surface area (Å²) >= 11 is 0. The van der Waals surface area contributed by atoms with E-state index in [-0.39, 0.29) is 5.97 Å². The summed E-state index contributed by atoms with van der Waals surface area (Å²) in [4.78, 5) is 11.5. The SMILES string of the molecule is CCCn1nc(C(=O)OC)c2ccccc21. The van der Waals surface area contributed by atoms with Gasteiger partial charge in [0.15, 0.2) is 5.69 Å². The monoisotopic (exact) mass is 218 g/mol. The summed E-state index contributed by atoms with van der Waals surface area (Å²) in [6.07, 6.45) is 0.978. The summed E-state index contributed by atoms with van der Waals surface area (Å²) in [6.45, 7) is 2.88. The zero-order valence-corrected chi connectivity index (χ0v) is 9.43. The van der Waals surface area contributed by atoms with Gasteiger partial charge in [0.05, 0.1) is 12.6 Å². The van der Waals surface area contributed by atoms with E-state index in [1.54, 1.807) is 0 Å². The average molecular weight is 218 g/mol. The number of methoxy groups -OCH3 is 1. The van der Waals surface area contributed by atoms with Crippen molar-refractivity contribution in [2.45, 2.75) is 19.9 Å². The molecule has 0 aliphatic rings. The highest BCUT2D eigenvalue weighted by molar-refractivity contribution is 6.02. The van der Waals surface area contributed by atoms with Gasteiger partial charge in [0.25, 0.3) is 0 Å². The number of aryl methyl sites for hydroxylation is 1. The third-order valence-corrected chi connectivity index (χ3v) is 2.47. The van der Waals surface area contributed by atoms with Gasteiger partial charge in [0, 0.05) is 11.9 Å². The van der Waals surface area contributed by atoms with E-state index in [0.717, 1.165) is 23.9 Å². The minimum absolute atomic E-state index is 0.383. The van der Waals surface area contributed by atoms with Crippen LogP contribution < -0.4 is 0 Å². The molecule has 1 aromatic carbocycles. The minimum Gasteiger partial charge on any atom is -0.464 e. The van der Waals surface area contributed by atoms with E-state index in [4.69, 9.17) is 4.74 Å². The molecule has 0 saturated heterocycles. The zero-order valence-electron chi connectivity index (χ0n) is 9.43. The van der Waals surface area contributed by atoms with Crippen LogP contribution >= 0.6 is 0 Å². The van der Waals surface area contributed by atoms with Crippen LogP contribution in [-0.4, -0.2) is 22.9 Å². The molecule has 0 bridgehead atoms. The fraction of sp³-hybridized carbons (Fsp3) is 0.333. The molecule has 16 heavy (non-hydrogen) atoms. The summed E-state index contributed by atoms with van der Waals surface area (Å²) in [7, 11) is 1.37. The van der Waals surface area contributed by atoms with E-state index in [0.29, 0.717) is 5.69 Å². The highest BCUT2D eigenvalue weighted by Gasteiger charge is 2.16. The fourth-order valence-electron chi connectivity index (χ4n) is 1.76. The van der Waals surface area contributed by atoms with E-state index in [1.165, 1.54) is 7.11 Å². The van der Waals surface area contributed by atoms with Crippen LogP contribution in [0.25, 0.3) is 10.9 Å². The predicted octanol–water partition coefficient (Wildman–Crippen LogP) is 2.23. The molecule has 2 rings (SSSR count). The Morgan fingerprint density at radius 2 is 2.19 bits per heavy atom. The Labute approximate surface area is 93.8 Å². The van der Waals surface area contributed by atoms with Crippen LogP contribution in [0.3, 0.4) is 0 Å². The van der Waals surface area contributed by atoms with Gasteiger partial charge >= 0.3 is 5.97 Å². The molecule has 0 atom stereocenters. The van der Waals surface area contributed by atoms with Gasteiger partial charge in [0.2, 0.25) is 0 Å². The molecule has 0 saturated carbocycles. The predicted molar refractivity (Wildman–Crippen MR) is 61.4 cm³/mol. The van der Waals surface area contributed by atoms with Crippen molar-refractivity contribution in [3.8, 4) is 0 Å². The summed E-state index contributed by atoms with van der Waals surface area (Å²) in [5, 5.41) is 5.14. The Kier molecular flexibility index (Phi) is 2.90. The van der Waals surface area contributed by atoms with Gasteiger partial charge in [-0.2, -0.15) is 5.10 Å². The third-order valence-electron chi connectivity index (χ3n) is 2.47. The smallest absolute Gasteiger partial charge is 0.359 e. The molecule has 0 fully saturated rings. The van der Waals surface area contributed by atoms with Crippen molar-refractivity contribution in [2.24, 2.45) is 0 Å². The summed E-state index contributed by atoms with van der Waals surface area (Å²) < 4.78 is 6.57. The number of carbonyl (C=O) groups excluding carboxylic acids is 1. The summed E-state index contributed by atoms with van der Waals surface area (Å²) in [5.74, 6) is -0.383. The number of esters is 1. The van der Waals surface area contributed by atoms with Crippen molar-refractivity contribution in [3.05, 3.63) is 30.0 Å². The molecule has 1 heterocycles. The third kappa shape index (κ3) is 1.66. The van der Waals surface area contributed by atoms with Crippen molar-refractivity contribution < 1.29 is 9.53 Å². The van der Waals surface area contributed by atoms with E-state index >= 15 is 0 Å². The van der Waals surface area contributed by atoms with Gasteiger partial charge in [0.1, 0.15) is 0 Å². The minimum atomic E-state index is -0.383. The van der Waals surface area contributed by atoms with Gasteiger partial charge in [-0.3, -0.25) is 4.68 Å². The Morgan fingerprint density at radius 3 is 2.88 bits per heavy atom. The van der Waals surface area contributed by atoms with E-state index in [2.05, 4.69) is 12.0 Å². The lowest BCUT2D eigenvalue weighted by Crippen LogP contribution is -2.05. The first-order chi connectivity index (χ1) is 7.77. The summed E-state index contributed by atoms with van der Waals surface area (Å²) in [5.41, 5.74) is 1.37. The number of para-hydroxylation sites is 1. The van der Waals surface area contributed by atoms with Crippen molar-refractivity contribution in [3.63, 3.8) is 0 Å². The number of hydrogen-bond donors (Lipinski definition) is 0. The molecular formula is C12H14N2O2. The van der Waals surface area contributed by atoms with Gasteiger partial charge in [-0.15, -0.1) is 0 Å². The quantitative estimate of drug-likeness (QED) is 0.742. The van der Waals surface area contributed by atoms with Crippen LogP contribution in [0.5, 0.6) is 0 Å². The van der Waals surface area contributed by atoms with Crippen molar-refractivity contribution in [1.29, 1.82) is 0 Å². The van der Waals surface area contributed by atoms with E-state index in [9.17, 15) is 4.79 Å². The van der Waals surface area contributed by atoms with Crippen molar-refractivity contribution in [2.75, 3.05) is 7.11 Å². The van der Waals surface area contributed by atoms with Crippen LogP contribution in [0.4, 0.5) is 0 Å². The molecule has 0 unspecified atom stereocenters. The maximum atomic E-state index is 11.5. The van der Waals surface area contributed by atoms with Gasteiger partial charge in [-0.1, -0.05) is 25.1 Å². The Balaban J connectivity index is 2.61. The number of fused-ring (bicyclic) bond motifs is 1. The normalized spacial score (nSPS) is 10.6. The van der Waals surface area contributed by atoms with Crippen molar-refractivity contribution >= 4 is 16.9 Å². The van der Waals surface area contributed by atoms with Crippen LogP contribution in [-0.2, 0) is 11.3 Å². The summed E-state index contributed by atoms with van der Waals surface area (Å²) in [6, 6.07) is 7.69. The number of aromatic nitrogens is 2. The molecule has 0 amide bonds. The molecule has 1 aromatic heterocycles. The topological polar surface area (TPSA) is 44.1 Å². The Morgan fingerprint density at radius 1 is 1.44 bits per heavy atom. The molecule has 2 aromatic rings. The highest BCUT2D eigenvalue weighted by atomic mass is 16.5. The van der Waals surface area contributed by atoms with Crippen molar-refractivity contribution in [1.82, 2.24) is 9.78 Å². The standard InChI is InChI=1S/C12H14N2O2/c1-3-8-14-10-7-5-4-6-9(10)11(13-14)12(15)16-2/h4-7H,3,8H2,1-2H3. The first-order valence-electron chi connectivity index (χ1n) is 5.31. The highest BCUT2D eigenvalue weighted by Crippen LogP contribution is 2.19. The van der Waals surface area contributed by atoms with Crippen LogP contribution in [0.2, 0.25) is 0 Å². The number of benzene rings is 1.